The van der Waals surface area contributed by atoms with E-state index in [2.05, 4.69) is 15.5 Å². The number of rotatable bonds is 8. The number of methoxy groups -OCH3 is 2. The predicted molar refractivity (Wildman–Crippen MR) is 182 cm³/mol. The van der Waals surface area contributed by atoms with Crippen LogP contribution in [0.3, 0.4) is 0 Å². The molecule has 0 spiro atoms. The molecule has 0 saturated carbocycles. The molecular formula is C35H51N5O9. The van der Waals surface area contributed by atoms with Gasteiger partial charge in [0, 0.05) is 76.6 Å². The number of nitrogens with one attached hydrogen (secondary N) is 2. The molecule has 14 nitrogen and oxygen atoms in total. The number of hydrogen-bond acceptors (Lipinski definition) is 11. The number of aliphatic hydroxyl groups excluding tert-OH is 1. The molecule has 1 aliphatic carbocycles. The van der Waals surface area contributed by atoms with Gasteiger partial charge in [-0.25, -0.2) is 4.79 Å². The van der Waals surface area contributed by atoms with E-state index in [1.54, 1.807) is 43.9 Å². The van der Waals surface area contributed by atoms with Crippen LogP contribution in [0.1, 0.15) is 40.5 Å². The van der Waals surface area contributed by atoms with Crippen LogP contribution in [-0.4, -0.2) is 123 Å². The minimum atomic E-state index is -1.01. The lowest BCUT2D eigenvalue weighted by Crippen LogP contribution is -2.47. The topological polar surface area (TPSA) is 190 Å². The van der Waals surface area contributed by atoms with E-state index in [1.165, 1.54) is 20.3 Å². The standard InChI is InChI=1S/C35H51N5O9/c1-21-16-25-30(37-10-11-39-12-14-40(20-41)15-13-39)27(42)19-26(32(25)44)38-34(45)22(2)8-7-9-28(47-5)33(49-35(36)46)24(4)18-23(3)31(43)29(17-21)48-6/h7-9,18-21,23,28-29,31,33,37,43H,10-17H2,1-6H3,(H2,36,46)(H,38,45)/b9-7-,22-8+,24-18+/t21-,23+,28?,29?,31?,33?/m1/s1. The average Bonchev–Trinajstić information content (AvgIpc) is 3.07. The van der Waals surface area contributed by atoms with Crippen LogP contribution in [0.2, 0.25) is 0 Å². The molecule has 0 aromatic heterocycles. The van der Waals surface area contributed by atoms with Gasteiger partial charge in [-0.15, -0.1) is 0 Å². The van der Waals surface area contributed by atoms with Crippen LogP contribution in [-0.2, 0) is 33.4 Å². The van der Waals surface area contributed by atoms with Gasteiger partial charge < -0.3 is 40.6 Å². The van der Waals surface area contributed by atoms with E-state index in [0.717, 1.165) is 12.5 Å². The summed E-state index contributed by atoms with van der Waals surface area (Å²) < 4.78 is 16.7. The molecule has 0 aromatic rings. The highest BCUT2D eigenvalue weighted by atomic mass is 16.6. The number of ether oxygens (including phenoxy) is 3. The highest BCUT2D eigenvalue weighted by molar-refractivity contribution is 6.23. The minimum absolute atomic E-state index is 0.135. The van der Waals surface area contributed by atoms with Crippen molar-refractivity contribution in [1.82, 2.24) is 20.4 Å². The van der Waals surface area contributed by atoms with E-state index in [0.29, 0.717) is 51.3 Å². The van der Waals surface area contributed by atoms with Gasteiger partial charge in [-0.05, 0) is 38.2 Å². The number of ketones is 2. The number of piperazine rings is 1. The lowest BCUT2D eigenvalue weighted by Gasteiger charge is -2.32. The molecule has 3 rings (SSSR count). The number of amides is 3. The Morgan fingerprint density at radius 1 is 1.12 bits per heavy atom. The van der Waals surface area contributed by atoms with Crippen molar-refractivity contribution in [3.63, 3.8) is 0 Å². The van der Waals surface area contributed by atoms with Crippen LogP contribution in [0.4, 0.5) is 4.79 Å². The maximum Gasteiger partial charge on any atom is 0.405 e. The van der Waals surface area contributed by atoms with Crippen molar-refractivity contribution in [1.29, 1.82) is 0 Å². The zero-order chi connectivity index (χ0) is 36.2. The van der Waals surface area contributed by atoms with Crippen LogP contribution < -0.4 is 16.4 Å². The van der Waals surface area contributed by atoms with Crippen molar-refractivity contribution in [2.24, 2.45) is 17.6 Å². The summed E-state index contributed by atoms with van der Waals surface area (Å²) >= 11 is 0. The molecule has 14 heteroatoms. The van der Waals surface area contributed by atoms with Gasteiger partial charge in [0.05, 0.1) is 23.6 Å². The number of Topliss-reactive ketones (excluding diaryl/α,β-unsaturated/α-hetero) is 1. The fourth-order valence-corrected chi connectivity index (χ4v) is 6.21. The molecule has 270 valence electrons. The average molecular weight is 686 g/mol. The number of fused-ring (bicyclic) bond motifs is 2. The van der Waals surface area contributed by atoms with Crippen molar-refractivity contribution >= 4 is 30.0 Å². The Labute approximate surface area is 288 Å². The number of allylic oxidation sites excluding steroid dienone is 4. The second-order valence-electron chi connectivity index (χ2n) is 12.8. The summed E-state index contributed by atoms with van der Waals surface area (Å²) in [4.78, 5) is 67.3. The monoisotopic (exact) mass is 685 g/mol. The number of nitrogens with zero attached hydrogens (tertiary/aromatic N) is 2. The molecular weight excluding hydrogens is 634 g/mol. The van der Waals surface area contributed by atoms with Gasteiger partial charge in [-0.2, -0.15) is 0 Å². The van der Waals surface area contributed by atoms with Crippen LogP contribution in [0.25, 0.3) is 0 Å². The maximum atomic E-state index is 13.9. The van der Waals surface area contributed by atoms with Gasteiger partial charge in [0.25, 0.3) is 5.91 Å². The Morgan fingerprint density at radius 2 is 1.82 bits per heavy atom. The summed E-state index contributed by atoms with van der Waals surface area (Å²) in [6.45, 7) is 10.6. The summed E-state index contributed by atoms with van der Waals surface area (Å²) in [7, 11) is 2.92. The Bertz CT molecular complexity index is 1390. The molecule has 1 saturated heterocycles. The smallest absolute Gasteiger partial charge is 0.405 e. The van der Waals surface area contributed by atoms with Crippen LogP contribution >= 0.6 is 0 Å². The molecule has 0 radical (unpaired) electrons. The van der Waals surface area contributed by atoms with E-state index >= 15 is 0 Å². The summed E-state index contributed by atoms with van der Waals surface area (Å²) in [5, 5.41) is 17.1. The molecule has 4 unspecified atom stereocenters. The summed E-state index contributed by atoms with van der Waals surface area (Å²) in [6.07, 6.45) is 4.54. The van der Waals surface area contributed by atoms with Crippen LogP contribution in [0, 0.1) is 11.8 Å². The minimum Gasteiger partial charge on any atom is -0.439 e. The largest absolute Gasteiger partial charge is 0.439 e. The van der Waals surface area contributed by atoms with Crippen molar-refractivity contribution in [2.45, 2.75) is 65.0 Å². The maximum absolute atomic E-state index is 13.9. The zero-order valence-electron chi connectivity index (χ0n) is 29.3. The quantitative estimate of drug-likeness (QED) is 0.163. The molecule has 2 heterocycles. The fraction of sp³-hybridized carbons (Fsp3) is 0.571. The molecule has 2 bridgehead atoms. The molecule has 2 aliphatic heterocycles. The first-order valence-corrected chi connectivity index (χ1v) is 16.5. The third-order valence-corrected chi connectivity index (χ3v) is 9.08. The number of carbonyl (C=O) groups is 5. The fourth-order valence-electron chi connectivity index (χ4n) is 6.21. The number of carbonyl (C=O) groups excluding carboxylic acids is 5. The van der Waals surface area contributed by atoms with Crippen molar-refractivity contribution < 1.29 is 43.3 Å². The second-order valence-corrected chi connectivity index (χ2v) is 12.8. The highest BCUT2D eigenvalue weighted by Crippen LogP contribution is 2.29. The third-order valence-electron chi connectivity index (χ3n) is 9.08. The van der Waals surface area contributed by atoms with Crippen LogP contribution in [0.15, 0.2) is 58.5 Å². The van der Waals surface area contributed by atoms with Crippen molar-refractivity contribution in [3.8, 4) is 0 Å². The van der Waals surface area contributed by atoms with Crippen molar-refractivity contribution in [3.05, 3.63) is 58.5 Å². The lowest BCUT2D eigenvalue weighted by atomic mass is 9.85. The number of aliphatic hydroxyl groups is 1. The summed E-state index contributed by atoms with van der Waals surface area (Å²) in [5.41, 5.74) is 6.47. The first kappa shape index (κ1) is 39.3. The number of primary amides is 1. The van der Waals surface area contributed by atoms with E-state index in [1.807, 2.05) is 6.92 Å². The molecule has 3 aliphatic rings. The molecule has 0 aromatic carbocycles. The molecule has 6 atom stereocenters. The first-order chi connectivity index (χ1) is 23.3. The third kappa shape index (κ3) is 10.9. The Morgan fingerprint density at radius 3 is 2.43 bits per heavy atom. The van der Waals surface area contributed by atoms with E-state index in [-0.39, 0.29) is 34.9 Å². The van der Waals surface area contributed by atoms with E-state index in [4.69, 9.17) is 19.9 Å². The number of nitrogens with two attached hydrogens (primary N) is 1. The van der Waals surface area contributed by atoms with Crippen molar-refractivity contribution in [2.75, 3.05) is 53.5 Å². The van der Waals surface area contributed by atoms with E-state index in [9.17, 15) is 29.1 Å². The Hall–Kier alpha value is -4.11. The zero-order valence-corrected chi connectivity index (χ0v) is 29.3. The lowest BCUT2D eigenvalue weighted by molar-refractivity contribution is -0.120. The van der Waals surface area contributed by atoms with Crippen LogP contribution in [0.5, 0.6) is 0 Å². The highest BCUT2D eigenvalue weighted by Gasteiger charge is 2.33. The Kier molecular flexibility index (Phi) is 14.9. The first-order valence-electron chi connectivity index (χ1n) is 16.5. The molecule has 5 N–H and O–H groups in total. The van der Waals surface area contributed by atoms with Gasteiger partial charge in [0.2, 0.25) is 18.0 Å². The summed E-state index contributed by atoms with van der Waals surface area (Å²) in [5.74, 6) is -2.18. The normalized spacial score (nSPS) is 31.1. The molecule has 3 amide bonds. The molecule has 1 fully saturated rings. The SMILES string of the molecule is COC1/C=C\C=C(/C)C(=O)NC2=CC(=O)C(NCCN3CCN(C=O)CC3)=C(C[C@@H](C)CC(OC)C(O)[C@@H](C)/C=C(\C)C1OC(N)=O)C2=O. The van der Waals surface area contributed by atoms with Gasteiger partial charge in [0.15, 0.2) is 6.10 Å². The number of hydrogen-bond donors (Lipinski definition) is 4. The van der Waals surface area contributed by atoms with Gasteiger partial charge in [-0.3, -0.25) is 24.1 Å². The summed E-state index contributed by atoms with van der Waals surface area (Å²) in [6, 6.07) is 0. The van der Waals surface area contributed by atoms with Gasteiger partial charge >= 0.3 is 6.09 Å². The Balaban J connectivity index is 1.97. The predicted octanol–water partition coefficient (Wildman–Crippen LogP) is 1.13. The second kappa shape index (κ2) is 18.6. The molecule has 49 heavy (non-hydrogen) atoms. The van der Waals surface area contributed by atoms with Gasteiger partial charge in [0.1, 0.15) is 6.10 Å². The van der Waals surface area contributed by atoms with E-state index < -0.39 is 53.9 Å². The van der Waals surface area contributed by atoms with Gasteiger partial charge in [-0.1, -0.05) is 38.2 Å².